The van der Waals surface area contributed by atoms with Crippen molar-refractivity contribution in [1.29, 1.82) is 0 Å². The molecule has 5 nitrogen and oxygen atoms in total. The third-order valence-corrected chi connectivity index (χ3v) is 4.41. The number of carbonyl (C=O) groups excluding carboxylic acids is 1. The van der Waals surface area contributed by atoms with Gasteiger partial charge in [-0.2, -0.15) is 0 Å². The molecule has 1 aliphatic rings. The lowest BCUT2D eigenvalue weighted by molar-refractivity contribution is -0.141. The van der Waals surface area contributed by atoms with Crippen molar-refractivity contribution in [2.75, 3.05) is 0 Å². The average molecular weight is 354 g/mol. The normalized spacial score (nSPS) is 14.0. The van der Waals surface area contributed by atoms with Gasteiger partial charge in [-0.1, -0.05) is 6.42 Å². The third kappa shape index (κ3) is 3.18. The van der Waals surface area contributed by atoms with E-state index in [4.69, 9.17) is 13.9 Å². The van der Waals surface area contributed by atoms with Gasteiger partial charge in [0.15, 0.2) is 0 Å². The molecule has 26 heavy (non-hydrogen) atoms. The lowest BCUT2D eigenvalue weighted by Gasteiger charge is -2.22. The second kappa shape index (κ2) is 6.63. The van der Waals surface area contributed by atoms with Crippen molar-refractivity contribution in [3.63, 3.8) is 0 Å². The van der Waals surface area contributed by atoms with E-state index < -0.39 is 5.82 Å². The van der Waals surface area contributed by atoms with Crippen molar-refractivity contribution in [2.45, 2.75) is 19.3 Å². The van der Waals surface area contributed by atoms with Gasteiger partial charge in [0, 0.05) is 6.07 Å². The predicted octanol–water partition coefficient (Wildman–Crippen LogP) is 4.43. The summed E-state index contributed by atoms with van der Waals surface area (Å²) in [4.78, 5) is 24.4. The number of carbonyl (C=O) groups is 1. The predicted molar refractivity (Wildman–Crippen MR) is 91.9 cm³/mol. The van der Waals surface area contributed by atoms with Crippen LogP contribution < -0.4 is 14.9 Å². The molecule has 1 heterocycles. The fraction of sp³-hybridized carbons (Fsp3) is 0.200. The highest BCUT2D eigenvalue weighted by atomic mass is 19.1. The maximum Gasteiger partial charge on any atom is 0.314 e. The van der Waals surface area contributed by atoms with E-state index in [-0.39, 0.29) is 23.1 Å². The number of rotatable bonds is 4. The molecule has 3 aromatic rings. The fourth-order valence-electron chi connectivity index (χ4n) is 2.70. The highest BCUT2D eigenvalue weighted by Gasteiger charge is 2.27. The monoisotopic (exact) mass is 354 g/mol. The molecule has 4 rings (SSSR count). The molecule has 1 fully saturated rings. The van der Waals surface area contributed by atoms with Crippen molar-refractivity contribution >= 4 is 16.9 Å². The van der Waals surface area contributed by atoms with Crippen molar-refractivity contribution in [3.05, 3.63) is 64.8 Å². The summed E-state index contributed by atoms with van der Waals surface area (Å²) in [5.41, 5.74) is -0.0761. The van der Waals surface area contributed by atoms with Crippen molar-refractivity contribution in [1.82, 2.24) is 0 Å². The number of hydrogen-bond donors (Lipinski definition) is 0. The van der Waals surface area contributed by atoms with E-state index in [2.05, 4.69) is 0 Å². The Bertz CT molecular complexity index is 1020. The van der Waals surface area contributed by atoms with E-state index in [0.717, 1.165) is 19.3 Å². The molecular formula is C20H15FO5. The number of benzene rings is 2. The van der Waals surface area contributed by atoms with Crippen LogP contribution in [0, 0.1) is 11.7 Å². The van der Waals surface area contributed by atoms with E-state index in [1.165, 1.54) is 42.7 Å². The molecular weight excluding hydrogens is 339 g/mol. The zero-order chi connectivity index (χ0) is 18.1. The maximum atomic E-state index is 12.9. The van der Waals surface area contributed by atoms with Gasteiger partial charge in [-0.25, -0.2) is 4.39 Å². The second-order valence-electron chi connectivity index (χ2n) is 6.19. The van der Waals surface area contributed by atoms with E-state index in [9.17, 15) is 14.0 Å². The number of halogens is 1. The summed E-state index contributed by atoms with van der Waals surface area (Å²) in [5.74, 6) is -0.0394. The maximum absolute atomic E-state index is 12.9. The van der Waals surface area contributed by atoms with Crippen LogP contribution in [0.2, 0.25) is 0 Å². The smallest absolute Gasteiger partial charge is 0.314 e. The molecule has 0 bridgehead atoms. The molecule has 0 N–H and O–H groups in total. The SMILES string of the molecule is O=C(Oc1ccc2c(=O)c(Oc3ccc(F)cc3)coc2c1)C1CCC1. The van der Waals surface area contributed by atoms with Crippen LogP contribution in [0.5, 0.6) is 17.2 Å². The van der Waals surface area contributed by atoms with Crippen LogP contribution >= 0.6 is 0 Å². The quantitative estimate of drug-likeness (QED) is 0.512. The van der Waals surface area contributed by atoms with Gasteiger partial charge in [-0.15, -0.1) is 0 Å². The van der Waals surface area contributed by atoms with Gasteiger partial charge < -0.3 is 13.9 Å². The van der Waals surface area contributed by atoms with Crippen LogP contribution in [0.4, 0.5) is 4.39 Å². The molecule has 0 atom stereocenters. The number of fused-ring (bicyclic) bond motifs is 1. The van der Waals surface area contributed by atoms with Crippen LogP contribution in [0.25, 0.3) is 11.0 Å². The fourth-order valence-corrected chi connectivity index (χ4v) is 2.70. The molecule has 0 amide bonds. The first-order chi connectivity index (χ1) is 12.6. The van der Waals surface area contributed by atoms with Gasteiger partial charge in [-0.3, -0.25) is 9.59 Å². The standard InChI is InChI=1S/C20H15FO5/c21-13-4-6-14(7-5-13)25-18-11-24-17-10-15(8-9-16(17)19(18)22)26-20(23)12-2-1-3-12/h4-12H,1-3H2. The lowest BCUT2D eigenvalue weighted by Crippen LogP contribution is -2.26. The Kier molecular flexibility index (Phi) is 4.16. The first-order valence-electron chi connectivity index (χ1n) is 8.31. The minimum absolute atomic E-state index is 0.0108. The van der Waals surface area contributed by atoms with Gasteiger partial charge in [0.05, 0.1) is 11.3 Å². The number of ether oxygens (including phenoxy) is 2. The molecule has 0 saturated heterocycles. The summed E-state index contributed by atoms with van der Waals surface area (Å²) in [7, 11) is 0. The average Bonchev–Trinajstić information content (AvgIpc) is 2.58. The Morgan fingerprint density at radius 3 is 2.50 bits per heavy atom. The summed E-state index contributed by atoms with van der Waals surface area (Å²) >= 11 is 0. The van der Waals surface area contributed by atoms with Gasteiger partial charge in [0.25, 0.3) is 0 Å². The Balaban J connectivity index is 1.59. The van der Waals surface area contributed by atoms with Gasteiger partial charge in [0.2, 0.25) is 11.2 Å². The lowest BCUT2D eigenvalue weighted by atomic mass is 9.86. The van der Waals surface area contributed by atoms with Crippen molar-refractivity contribution in [2.24, 2.45) is 5.92 Å². The molecule has 1 saturated carbocycles. The highest BCUT2D eigenvalue weighted by molar-refractivity contribution is 5.81. The van der Waals surface area contributed by atoms with E-state index in [1.54, 1.807) is 6.07 Å². The summed E-state index contributed by atoms with van der Waals surface area (Å²) in [6.45, 7) is 0. The molecule has 1 aromatic heterocycles. The Labute approximate surface area is 148 Å². The zero-order valence-corrected chi connectivity index (χ0v) is 13.7. The molecule has 132 valence electrons. The van der Waals surface area contributed by atoms with Crippen molar-refractivity contribution in [3.8, 4) is 17.2 Å². The summed E-state index contributed by atoms with van der Waals surface area (Å²) in [5, 5.41) is 0.299. The van der Waals surface area contributed by atoms with Crippen LogP contribution in [0.15, 0.2) is 57.9 Å². The largest absolute Gasteiger partial charge is 0.460 e. The van der Waals surface area contributed by atoms with Crippen molar-refractivity contribution < 1.29 is 23.1 Å². The summed E-state index contributed by atoms with van der Waals surface area (Å²) < 4.78 is 29.2. The Hall–Kier alpha value is -3.15. The van der Waals surface area contributed by atoms with Crippen LogP contribution in [-0.2, 0) is 4.79 Å². The van der Waals surface area contributed by atoms with Gasteiger partial charge in [0.1, 0.15) is 29.2 Å². The highest BCUT2D eigenvalue weighted by Crippen LogP contribution is 2.29. The van der Waals surface area contributed by atoms with Crippen LogP contribution in [-0.4, -0.2) is 5.97 Å². The summed E-state index contributed by atoms with van der Waals surface area (Å²) in [6.07, 6.45) is 3.94. The first kappa shape index (κ1) is 16.3. The molecule has 0 aliphatic heterocycles. The third-order valence-electron chi connectivity index (χ3n) is 4.41. The molecule has 6 heteroatoms. The molecule has 1 aliphatic carbocycles. The molecule has 0 spiro atoms. The van der Waals surface area contributed by atoms with Crippen LogP contribution in [0.3, 0.4) is 0 Å². The van der Waals surface area contributed by atoms with Crippen LogP contribution in [0.1, 0.15) is 19.3 Å². The Morgan fingerprint density at radius 1 is 1.08 bits per heavy atom. The molecule has 0 unspecified atom stereocenters. The first-order valence-corrected chi connectivity index (χ1v) is 8.31. The molecule has 2 aromatic carbocycles. The molecule has 0 radical (unpaired) electrons. The van der Waals surface area contributed by atoms with E-state index >= 15 is 0 Å². The number of hydrogen-bond acceptors (Lipinski definition) is 5. The second-order valence-corrected chi connectivity index (χ2v) is 6.19. The number of esters is 1. The Morgan fingerprint density at radius 2 is 1.81 bits per heavy atom. The van der Waals surface area contributed by atoms with E-state index in [0.29, 0.717) is 22.5 Å². The summed E-state index contributed by atoms with van der Waals surface area (Å²) in [6, 6.07) is 9.90. The minimum Gasteiger partial charge on any atom is -0.460 e. The topological polar surface area (TPSA) is 65.7 Å². The van der Waals surface area contributed by atoms with Gasteiger partial charge >= 0.3 is 5.97 Å². The van der Waals surface area contributed by atoms with E-state index in [1.807, 2.05) is 0 Å². The minimum atomic E-state index is -0.396. The van der Waals surface area contributed by atoms with Gasteiger partial charge in [-0.05, 0) is 49.2 Å². The zero-order valence-electron chi connectivity index (χ0n) is 13.7.